The van der Waals surface area contributed by atoms with Crippen molar-refractivity contribution in [1.82, 2.24) is 15.5 Å². The molecule has 1 fully saturated rings. The van der Waals surface area contributed by atoms with Gasteiger partial charge < -0.3 is 20.1 Å². The summed E-state index contributed by atoms with van der Waals surface area (Å²) >= 11 is 12.5. The van der Waals surface area contributed by atoms with Crippen molar-refractivity contribution in [3.8, 4) is 11.5 Å². The molecule has 0 saturated carbocycles. The zero-order valence-electron chi connectivity index (χ0n) is 16.8. The van der Waals surface area contributed by atoms with E-state index in [1.54, 1.807) is 0 Å². The summed E-state index contributed by atoms with van der Waals surface area (Å²) in [4.78, 5) is 2.47. The van der Waals surface area contributed by atoms with Gasteiger partial charge in [0.05, 0.1) is 11.6 Å². The van der Waals surface area contributed by atoms with E-state index in [4.69, 9.17) is 32.7 Å². The van der Waals surface area contributed by atoms with Gasteiger partial charge in [0.25, 0.3) is 0 Å². The molecule has 2 aromatic carbocycles. The van der Waals surface area contributed by atoms with Gasteiger partial charge in [0, 0.05) is 50.8 Å². The number of nitrogens with one attached hydrogen (secondary N) is 2. The zero-order valence-corrected chi connectivity index (χ0v) is 18.4. The molecule has 1 heterocycles. The Labute approximate surface area is 183 Å². The van der Waals surface area contributed by atoms with Crippen LogP contribution in [-0.4, -0.2) is 50.8 Å². The predicted molar refractivity (Wildman–Crippen MR) is 119 cm³/mol. The Morgan fingerprint density at radius 2 is 1.79 bits per heavy atom. The number of nitrogens with zero attached hydrogens (tertiary/aromatic N) is 1. The van der Waals surface area contributed by atoms with Crippen molar-refractivity contribution in [2.45, 2.75) is 20.1 Å². The van der Waals surface area contributed by atoms with E-state index in [1.165, 1.54) is 0 Å². The van der Waals surface area contributed by atoms with Crippen LogP contribution in [0, 0.1) is 0 Å². The molecule has 0 aromatic heterocycles. The first kappa shape index (κ1) is 22.2. The van der Waals surface area contributed by atoms with Gasteiger partial charge in [-0.1, -0.05) is 35.3 Å². The van der Waals surface area contributed by atoms with E-state index in [1.807, 2.05) is 43.3 Å². The van der Waals surface area contributed by atoms with Crippen molar-refractivity contribution in [2.24, 2.45) is 0 Å². The lowest BCUT2D eigenvalue weighted by molar-refractivity contribution is 0.241. The third-order valence-electron chi connectivity index (χ3n) is 4.81. The molecule has 0 amide bonds. The van der Waals surface area contributed by atoms with E-state index >= 15 is 0 Å². The van der Waals surface area contributed by atoms with Crippen molar-refractivity contribution in [3.05, 3.63) is 57.6 Å². The number of rotatable bonds is 10. The topological polar surface area (TPSA) is 45.8 Å². The van der Waals surface area contributed by atoms with Crippen LogP contribution in [0.2, 0.25) is 10.0 Å². The van der Waals surface area contributed by atoms with Crippen LogP contribution in [0.15, 0.2) is 36.4 Å². The third kappa shape index (κ3) is 7.05. The molecule has 7 heteroatoms. The molecular formula is C22H29Cl2N3O2. The van der Waals surface area contributed by atoms with Gasteiger partial charge in [0.15, 0.2) is 11.5 Å². The summed E-state index contributed by atoms with van der Waals surface area (Å²) in [6, 6.07) is 11.5. The van der Waals surface area contributed by atoms with Gasteiger partial charge in [-0.25, -0.2) is 0 Å². The highest BCUT2D eigenvalue weighted by molar-refractivity contribution is 6.32. The van der Waals surface area contributed by atoms with Crippen LogP contribution >= 0.6 is 23.2 Å². The monoisotopic (exact) mass is 437 g/mol. The molecule has 158 valence electrons. The highest BCUT2D eigenvalue weighted by Crippen LogP contribution is 2.37. The highest BCUT2D eigenvalue weighted by Gasteiger charge is 2.13. The molecule has 5 nitrogen and oxygen atoms in total. The fourth-order valence-electron chi connectivity index (χ4n) is 3.27. The molecule has 2 aromatic rings. The lowest BCUT2D eigenvalue weighted by Gasteiger charge is -2.27. The maximum Gasteiger partial charge on any atom is 0.180 e. The van der Waals surface area contributed by atoms with Crippen LogP contribution in [0.1, 0.15) is 18.1 Å². The van der Waals surface area contributed by atoms with Gasteiger partial charge in [0.1, 0.15) is 6.61 Å². The van der Waals surface area contributed by atoms with Crippen LogP contribution in [0.4, 0.5) is 0 Å². The van der Waals surface area contributed by atoms with Crippen LogP contribution in [0.25, 0.3) is 0 Å². The van der Waals surface area contributed by atoms with Crippen LogP contribution in [0.5, 0.6) is 11.5 Å². The van der Waals surface area contributed by atoms with Crippen LogP contribution < -0.4 is 20.1 Å². The Hall–Kier alpha value is -1.50. The lowest BCUT2D eigenvalue weighted by atomic mass is 10.2. The number of halogens is 2. The van der Waals surface area contributed by atoms with Crippen molar-refractivity contribution in [1.29, 1.82) is 0 Å². The molecule has 1 aliphatic rings. The quantitative estimate of drug-likeness (QED) is 0.550. The molecule has 0 radical (unpaired) electrons. The van der Waals surface area contributed by atoms with Crippen LogP contribution in [0.3, 0.4) is 0 Å². The maximum atomic E-state index is 6.53. The molecule has 29 heavy (non-hydrogen) atoms. The average molecular weight is 438 g/mol. The van der Waals surface area contributed by atoms with Gasteiger partial charge in [-0.15, -0.1) is 0 Å². The SMILES string of the molecule is CCOc1cc(CNCCN2CCNCC2)cc(Cl)c1OCc1ccc(Cl)cc1. The first-order valence-corrected chi connectivity index (χ1v) is 10.9. The van der Waals surface area contributed by atoms with E-state index in [0.717, 1.165) is 56.9 Å². The molecule has 3 rings (SSSR count). The van der Waals surface area contributed by atoms with E-state index in [9.17, 15) is 0 Å². The Morgan fingerprint density at radius 3 is 2.52 bits per heavy atom. The number of hydrogen-bond donors (Lipinski definition) is 2. The summed E-state index contributed by atoms with van der Waals surface area (Å²) in [5, 5.41) is 8.14. The number of hydrogen-bond acceptors (Lipinski definition) is 5. The summed E-state index contributed by atoms with van der Waals surface area (Å²) in [6.45, 7) is 10.0. The summed E-state index contributed by atoms with van der Waals surface area (Å²) in [6.07, 6.45) is 0. The molecule has 1 aliphatic heterocycles. The van der Waals surface area contributed by atoms with Gasteiger partial charge >= 0.3 is 0 Å². The predicted octanol–water partition coefficient (Wildman–Crippen LogP) is 3.97. The average Bonchev–Trinajstić information content (AvgIpc) is 2.73. The van der Waals surface area contributed by atoms with Gasteiger partial charge in [-0.2, -0.15) is 0 Å². The van der Waals surface area contributed by atoms with Gasteiger partial charge in [-0.3, -0.25) is 4.90 Å². The van der Waals surface area contributed by atoms with E-state index in [-0.39, 0.29) is 0 Å². The Bertz CT molecular complexity index is 765. The number of ether oxygens (including phenoxy) is 2. The first-order chi connectivity index (χ1) is 14.2. The zero-order chi connectivity index (χ0) is 20.5. The highest BCUT2D eigenvalue weighted by atomic mass is 35.5. The molecule has 0 spiro atoms. The van der Waals surface area contributed by atoms with Gasteiger partial charge in [-0.05, 0) is 42.3 Å². The second-order valence-corrected chi connectivity index (χ2v) is 7.87. The smallest absolute Gasteiger partial charge is 0.180 e. The minimum absolute atomic E-state index is 0.402. The van der Waals surface area contributed by atoms with E-state index < -0.39 is 0 Å². The summed E-state index contributed by atoms with van der Waals surface area (Å²) in [5.41, 5.74) is 2.10. The maximum absolute atomic E-state index is 6.53. The third-order valence-corrected chi connectivity index (χ3v) is 5.34. The minimum atomic E-state index is 0.402. The first-order valence-electron chi connectivity index (χ1n) is 10.1. The largest absolute Gasteiger partial charge is 0.490 e. The second-order valence-electron chi connectivity index (χ2n) is 7.02. The molecule has 0 bridgehead atoms. The van der Waals surface area contributed by atoms with Crippen molar-refractivity contribution >= 4 is 23.2 Å². The molecule has 2 N–H and O–H groups in total. The van der Waals surface area contributed by atoms with E-state index in [2.05, 4.69) is 15.5 Å². The van der Waals surface area contributed by atoms with Gasteiger partial charge in [0.2, 0.25) is 0 Å². The standard InChI is InChI=1S/C22H29Cl2N3O2/c1-2-28-21-14-18(15-26-9-12-27-10-7-25-8-11-27)13-20(24)22(21)29-16-17-3-5-19(23)6-4-17/h3-6,13-14,25-26H,2,7-12,15-16H2,1H3. The Balaban J connectivity index is 1.57. The summed E-state index contributed by atoms with van der Waals surface area (Å²) in [7, 11) is 0. The Kier molecular flexibility index (Phi) is 8.90. The molecular weight excluding hydrogens is 409 g/mol. The molecule has 0 unspecified atom stereocenters. The fraction of sp³-hybridized carbons (Fsp3) is 0.455. The molecule has 0 atom stereocenters. The lowest BCUT2D eigenvalue weighted by Crippen LogP contribution is -2.45. The van der Waals surface area contributed by atoms with Crippen LogP contribution in [-0.2, 0) is 13.2 Å². The Morgan fingerprint density at radius 1 is 1.03 bits per heavy atom. The summed E-state index contributed by atoms with van der Waals surface area (Å²) < 4.78 is 11.8. The summed E-state index contributed by atoms with van der Waals surface area (Å²) in [5.74, 6) is 1.25. The van der Waals surface area contributed by atoms with Crippen molar-refractivity contribution < 1.29 is 9.47 Å². The van der Waals surface area contributed by atoms with E-state index in [0.29, 0.717) is 34.8 Å². The van der Waals surface area contributed by atoms with Crippen molar-refractivity contribution in [3.63, 3.8) is 0 Å². The normalized spacial score (nSPS) is 14.7. The fourth-order valence-corrected chi connectivity index (χ4v) is 3.68. The minimum Gasteiger partial charge on any atom is -0.490 e. The molecule has 0 aliphatic carbocycles. The van der Waals surface area contributed by atoms with Crippen molar-refractivity contribution in [2.75, 3.05) is 45.9 Å². The molecule has 1 saturated heterocycles. The second kappa shape index (κ2) is 11.6. The number of piperazine rings is 1. The number of benzene rings is 2.